The summed E-state index contributed by atoms with van der Waals surface area (Å²) in [6.45, 7) is 4.08. The molecule has 4 rings (SSSR count). The molecule has 1 amide bonds. The molecule has 1 unspecified atom stereocenters. The van der Waals surface area contributed by atoms with E-state index in [0.717, 1.165) is 25.9 Å². The van der Waals surface area contributed by atoms with E-state index in [1.807, 2.05) is 4.90 Å². The zero-order chi connectivity index (χ0) is 23.3. The number of hydrogen-bond donors (Lipinski definition) is 3. The van der Waals surface area contributed by atoms with E-state index in [-0.39, 0.29) is 22.6 Å². The molecule has 2 saturated heterocycles. The summed E-state index contributed by atoms with van der Waals surface area (Å²) >= 11 is 0. The summed E-state index contributed by atoms with van der Waals surface area (Å²) < 4.78 is 38.9. The predicted molar refractivity (Wildman–Crippen MR) is 124 cm³/mol. The predicted octanol–water partition coefficient (Wildman–Crippen LogP) is 1.21. The molecule has 2 aliphatic rings. The minimum Gasteiger partial charge on any atom is -0.497 e. The van der Waals surface area contributed by atoms with Crippen LogP contribution in [0.1, 0.15) is 23.2 Å². The fourth-order valence-corrected chi connectivity index (χ4v) is 4.92. The number of pyridine rings is 1. The molecule has 2 aromatic rings. The average molecular weight is 476 g/mol. The van der Waals surface area contributed by atoms with Crippen molar-refractivity contribution in [3.63, 3.8) is 0 Å². The third-order valence-corrected chi connectivity index (χ3v) is 7.06. The highest BCUT2D eigenvalue weighted by Crippen LogP contribution is 2.25. The summed E-state index contributed by atoms with van der Waals surface area (Å²) in [5.41, 5.74) is 0.539. The van der Waals surface area contributed by atoms with Crippen LogP contribution >= 0.6 is 0 Å². The van der Waals surface area contributed by atoms with Crippen LogP contribution in [0.3, 0.4) is 0 Å². The zero-order valence-corrected chi connectivity index (χ0v) is 19.4. The van der Waals surface area contributed by atoms with Gasteiger partial charge in [0.1, 0.15) is 11.6 Å². The van der Waals surface area contributed by atoms with E-state index in [0.29, 0.717) is 43.4 Å². The SMILES string of the molecule is COc1ccc(S(=O)(=O)Nc2cnc(N3CCNCC3)c(C(=O)NCC3CCCO3)c2)cc1. The van der Waals surface area contributed by atoms with Crippen LogP contribution in [-0.4, -0.2) is 71.9 Å². The van der Waals surface area contributed by atoms with Crippen LogP contribution in [0, 0.1) is 0 Å². The first-order valence-corrected chi connectivity index (χ1v) is 12.5. The number of ether oxygens (including phenoxy) is 2. The number of anilines is 2. The number of nitrogens with one attached hydrogen (secondary N) is 3. The molecule has 0 radical (unpaired) electrons. The number of carbonyl (C=O) groups is 1. The summed E-state index contributed by atoms with van der Waals surface area (Å²) in [6, 6.07) is 7.60. The quantitative estimate of drug-likeness (QED) is 0.521. The van der Waals surface area contributed by atoms with Gasteiger partial charge in [-0.25, -0.2) is 13.4 Å². The average Bonchev–Trinajstić information content (AvgIpc) is 3.36. The molecule has 0 bridgehead atoms. The van der Waals surface area contributed by atoms with Crippen LogP contribution in [0.25, 0.3) is 0 Å². The van der Waals surface area contributed by atoms with Gasteiger partial charge < -0.3 is 25.0 Å². The van der Waals surface area contributed by atoms with Crippen molar-refractivity contribution in [2.75, 3.05) is 56.1 Å². The summed E-state index contributed by atoms with van der Waals surface area (Å²) in [5.74, 6) is 0.784. The number of hydrogen-bond acceptors (Lipinski definition) is 8. The molecule has 1 atom stereocenters. The smallest absolute Gasteiger partial charge is 0.261 e. The van der Waals surface area contributed by atoms with Crippen LogP contribution in [0.15, 0.2) is 41.4 Å². The number of rotatable bonds is 8. The fraction of sp³-hybridized carbons (Fsp3) is 0.455. The Labute approximate surface area is 193 Å². The first kappa shape index (κ1) is 23.3. The molecule has 3 heterocycles. The Bertz CT molecular complexity index is 1070. The van der Waals surface area contributed by atoms with Gasteiger partial charge in [0.25, 0.3) is 15.9 Å². The van der Waals surface area contributed by atoms with Gasteiger partial charge in [0, 0.05) is 39.3 Å². The van der Waals surface area contributed by atoms with Gasteiger partial charge in [-0.2, -0.15) is 0 Å². The maximum Gasteiger partial charge on any atom is 0.261 e. The largest absolute Gasteiger partial charge is 0.497 e. The second-order valence-electron chi connectivity index (χ2n) is 7.96. The molecular formula is C22H29N5O5S. The normalized spacial score (nSPS) is 18.7. The Hall–Kier alpha value is -2.89. The van der Waals surface area contributed by atoms with Crippen molar-refractivity contribution in [1.82, 2.24) is 15.6 Å². The zero-order valence-electron chi connectivity index (χ0n) is 18.5. The van der Waals surface area contributed by atoms with E-state index in [2.05, 4.69) is 20.3 Å². The third-order valence-electron chi connectivity index (χ3n) is 5.66. The molecule has 3 N–H and O–H groups in total. The van der Waals surface area contributed by atoms with Crippen molar-refractivity contribution in [1.29, 1.82) is 0 Å². The molecule has 2 fully saturated rings. The Balaban J connectivity index is 1.57. The van der Waals surface area contributed by atoms with Gasteiger partial charge in [0.15, 0.2) is 0 Å². The summed E-state index contributed by atoms with van der Waals surface area (Å²) in [6.07, 6.45) is 3.33. The first-order valence-electron chi connectivity index (χ1n) is 11.0. The highest BCUT2D eigenvalue weighted by molar-refractivity contribution is 7.92. The van der Waals surface area contributed by atoms with Crippen LogP contribution in [-0.2, 0) is 14.8 Å². The van der Waals surface area contributed by atoms with E-state index < -0.39 is 10.0 Å². The van der Waals surface area contributed by atoms with Crippen molar-refractivity contribution >= 4 is 27.4 Å². The van der Waals surface area contributed by atoms with Gasteiger partial charge >= 0.3 is 0 Å². The van der Waals surface area contributed by atoms with E-state index in [4.69, 9.17) is 9.47 Å². The number of piperazine rings is 1. The number of benzene rings is 1. The van der Waals surface area contributed by atoms with Crippen LogP contribution in [0.2, 0.25) is 0 Å². The molecule has 1 aromatic heterocycles. The maximum absolute atomic E-state index is 13.1. The molecular weight excluding hydrogens is 446 g/mol. The van der Waals surface area contributed by atoms with Crippen LogP contribution in [0.5, 0.6) is 5.75 Å². The van der Waals surface area contributed by atoms with Crippen molar-refractivity contribution < 1.29 is 22.7 Å². The van der Waals surface area contributed by atoms with Crippen molar-refractivity contribution in [3.8, 4) is 5.75 Å². The van der Waals surface area contributed by atoms with Crippen molar-refractivity contribution in [3.05, 3.63) is 42.1 Å². The van der Waals surface area contributed by atoms with Crippen molar-refractivity contribution in [2.45, 2.75) is 23.8 Å². The topological polar surface area (TPSA) is 122 Å². The number of nitrogens with zero attached hydrogens (tertiary/aromatic N) is 2. The molecule has 0 saturated carbocycles. The fourth-order valence-electron chi connectivity index (χ4n) is 3.89. The van der Waals surface area contributed by atoms with E-state index in [9.17, 15) is 13.2 Å². The van der Waals surface area contributed by atoms with Gasteiger partial charge in [0.2, 0.25) is 0 Å². The molecule has 0 aliphatic carbocycles. The summed E-state index contributed by atoms with van der Waals surface area (Å²) in [7, 11) is -2.35. The Kier molecular flexibility index (Phi) is 7.31. The molecule has 1 aromatic carbocycles. The number of methoxy groups -OCH3 is 1. The lowest BCUT2D eigenvalue weighted by Gasteiger charge is -2.30. The lowest BCUT2D eigenvalue weighted by Crippen LogP contribution is -2.45. The molecule has 2 aliphatic heterocycles. The molecule has 11 heteroatoms. The highest BCUT2D eigenvalue weighted by Gasteiger charge is 2.24. The molecule has 10 nitrogen and oxygen atoms in total. The first-order chi connectivity index (χ1) is 16.0. The van der Waals surface area contributed by atoms with Gasteiger partial charge in [0.05, 0.1) is 35.6 Å². The lowest BCUT2D eigenvalue weighted by molar-refractivity contribution is 0.0858. The minimum absolute atomic E-state index is 0.00121. The van der Waals surface area contributed by atoms with Gasteiger partial charge in [-0.1, -0.05) is 0 Å². The van der Waals surface area contributed by atoms with Crippen LogP contribution < -0.4 is 25.0 Å². The summed E-state index contributed by atoms with van der Waals surface area (Å²) in [5, 5.41) is 6.19. The molecule has 178 valence electrons. The third kappa shape index (κ3) is 5.73. The van der Waals surface area contributed by atoms with E-state index in [1.165, 1.54) is 31.5 Å². The molecule has 0 spiro atoms. The lowest BCUT2D eigenvalue weighted by atomic mass is 10.2. The van der Waals surface area contributed by atoms with Gasteiger partial charge in [-0.3, -0.25) is 9.52 Å². The maximum atomic E-state index is 13.1. The highest BCUT2D eigenvalue weighted by atomic mass is 32.2. The standard InChI is InChI=1S/C22H29N5O5S/c1-31-17-4-6-19(7-5-17)33(29,30)26-16-13-20(22(28)25-15-18-3-2-12-32-18)21(24-14-16)27-10-8-23-9-11-27/h4-7,13-14,18,23,26H,2-3,8-12,15H2,1H3,(H,25,28). The second-order valence-corrected chi connectivity index (χ2v) is 9.64. The second kappa shape index (κ2) is 10.4. The van der Waals surface area contributed by atoms with Gasteiger partial charge in [-0.15, -0.1) is 0 Å². The van der Waals surface area contributed by atoms with E-state index >= 15 is 0 Å². The Morgan fingerprint density at radius 3 is 2.70 bits per heavy atom. The Morgan fingerprint density at radius 2 is 2.03 bits per heavy atom. The number of amides is 1. The van der Waals surface area contributed by atoms with E-state index in [1.54, 1.807) is 12.1 Å². The number of carbonyl (C=O) groups excluding carboxylic acids is 1. The monoisotopic (exact) mass is 475 g/mol. The number of sulfonamides is 1. The molecule has 33 heavy (non-hydrogen) atoms. The minimum atomic E-state index is -3.86. The Morgan fingerprint density at radius 1 is 1.27 bits per heavy atom. The number of aromatic nitrogens is 1. The van der Waals surface area contributed by atoms with Crippen LogP contribution in [0.4, 0.5) is 11.5 Å². The van der Waals surface area contributed by atoms with Crippen molar-refractivity contribution in [2.24, 2.45) is 0 Å². The van der Waals surface area contributed by atoms with Gasteiger partial charge in [-0.05, 0) is 43.2 Å². The summed E-state index contributed by atoms with van der Waals surface area (Å²) in [4.78, 5) is 19.7.